The minimum atomic E-state index is -3.25. The molecule has 5 nitrogen and oxygen atoms in total. The first-order valence-electron chi connectivity index (χ1n) is 4.51. The molecule has 0 spiro atoms. The van der Waals surface area contributed by atoms with Crippen molar-refractivity contribution in [3.05, 3.63) is 0 Å². The standard InChI is InChI=1S/C7H17N3O2S/c1-3-9-13(11,12)10(2)7-4-5-8-6-7/h7-9H,3-6H2,1-2H3. The maximum atomic E-state index is 11.5. The lowest BCUT2D eigenvalue weighted by molar-refractivity contribution is 0.381. The Kier molecular flexibility index (Phi) is 3.66. The van der Waals surface area contributed by atoms with Crippen LogP contribution in [0, 0.1) is 0 Å². The van der Waals surface area contributed by atoms with Gasteiger partial charge in [-0.25, -0.2) is 4.72 Å². The van der Waals surface area contributed by atoms with E-state index in [1.54, 1.807) is 14.0 Å². The summed E-state index contributed by atoms with van der Waals surface area (Å²) >= 11 is 0. The van der Waals surface area contributed by atoms with Gasteiger partial charge in [-0.2, -0.15) is 12.7 Å². The highest BCUT2D eigenvalue weighted by atomic mass is 32.2. The van der Waals surface area contributed by atoms with E-state index in [1.165, 1.54) is 4.31 Å². The third kappa shape index (κ3) is 2.63. The molecule has 0 aliphatic carbocycles. The van der Waals surface area contributed by atoms with Gasteiger partial charge in [-0.3, -0.25) is 0 Å². The number of nitrogens with zero attached hydrogens (tertiary/aromatic N) is 1. The van der Waals surface area contributed by atoms with Crippen molar-refractivity contribution in [1.82, 2.24) is 14.3 Å². The zero-order valence-corrected chi connectivity index (χ0v) is 8.89. The van der Waals surface area contributed by atoms with Gasteiger partial charge in [0.15, 0.2) is 0 Å². The molecule has 0 saturated carbocycles. The van der Waals surface area contributed by atoms with E-state index in [9.17, 15) is 8.42 Å². The van der Waals surface area contributed by atoms with Crippen molar-refractivity contribution in [3.63, 3.8) is 0 Å². The van der Waals surface area contributed by atoms with Crippen LogP contribution in [-0.2, 0) is 10.2 Å². The zero-order chi connectivity index (χ0) is 9.90. The van der Waals surface area contributed by atoms with Crippen molar-refractivity contribution >= 4 is 10.2 Å². The summed E-state index contributed by atoms with van der Waals surface area (Å²) in [5.41, 5.74) is 0. The van der Waals surface area contributed by atoms with E-state index < -0.39 is 10.2 Å². The van der Waals surface area contributed by atoms with E-state index >= 15 is 0 Å². The Balaban J connectivity index is 2.59. The maximum Gasteiger partial charge on any atom is 0.279 e. The van der Waals surface area contributed by atoms with E-state index in [0.717, 1.165) is 19.5 Å². The van der Waals surface area contributed by atoms with Crippen LogP contribution < -0.4 is 10.0 Å². The highest BCUT2D eigenvalue weighted by Crippen LogP contribution is 2.09. The molecule has 0 amide bonds. The Morgan fingerprint density at radius 2 is 2.31 bits per heavy atom. The summed E-state index contributed by atoms with van der Waals surface area (Å²) < 4.78 is 26.9. The third-order valence-electron chi connectivity index (χ3n) is 2.25. The molecule has 13 heavy (non-hydrogen) atoms. The number of rotatable bonds is 4. The minimum Gasteiger partial charge on any atom is -0.315 e. The van der Waals surface area contributed by atoms with Crippen LogP contribution >= 0.6 is 0 Å². The monoisotopic (exact) mass is 207 g/mol. The molecule has 0 radical (unpaired) electrons. The van der Waals surface area contributed by atoms with Crippen LogP contribution in [0.25, 0.3) is 0 Å². The van der Waals surface area contributed by atoms with Crippen LogP contribution in [0.2, 0.25) is 0 Å². The van der Waals surface area contributed by atoms with E-state index in [1.807, 2.05) is 0 Å². The van der Waals surface area contributed by atoms with Gasteiger partial charge < -0.3 is 5.32 Å². The first-order chi connectivity index (χ1) is 6.08. The Bertz CT molecular complexity index is 246. The normalized spacial score (nSPS) is 24.1. The SMILES string of the molecule is CCNS(=O)(=O)N(C)C1CCNC1. The van der Waals surface area contributed by atoms with Crippen LogP contribution in [-0.4, -0.2) is 45.4 Å². The summed E-state index contributed by atoms with van der Waals surface area (Å²) in [7, 11) is -1.63. The second-order valence-corrected chi connectivity index (χ2v) is 4.98. The molecule has 1 aliphatic heterocycles. The molecule has 2 N–H and O–H groups in total. The van der Waals surface area contributed by atoms with Crippen molar-refractivity contribution < 1.29 is 8.42 Å². The Morgan fingerprint density at radius 1 is 1.62 bits per heavy atom. The van der Waals surface area contributed by atoms with Crippen molar-refractivity contribution in [2.75, 3.05) is 26.7 Å². The van der Waals surface area contributed by atoms with Crippen molar-refractivity contribution in [1.29, 1.82) is 0 Å². The Hall–Kier alpha value is -0.170. The molecule has 0 aromatic carbocycles. The van der Waals surface area contributed by atoms with Crippen molar-refractivity contribution in [2.45, 2.75) is 19.4 Å². The van der Waals surface area contributed by atoms with Gasteiger partial charge in [0.1, 0.15) is 0 Å². The Morgan fingerprint density at radius 3 is 2.77 bits per heavy atom. The van der Waals surface area contributed by atoms with Crippen molar-refractivity contribution in [2.24, 2.45) is 0 Å². The van der Waals surface area contributed by atoms with Gasteiger partial charge >= 0.3 is 0 Å². The number of hydrogen-bond acceptors (Lipinski definition) is 3. The lowest BCUT2D eigenvalue weighted by atomic mass is 10.3. The number of hydrogen-bond donors (Lipinski definition) is 2. The highest BCUT2D eigenvalue weighted by molar-refractivity contribution is 7.87. The predicted octanol–water partition coefficient (Wildman–Crippen LogP) is -0.866. The van der Waals surface area contributed by atoms with Crippen LogP contribution in [0.1, 0.15) is 13.3 Å². The summed E-state index contributed by atoms with van der Waals surface area (Å²) in [6.07, 6.45) is 0.890. The van der Waals surface area contributed by atoms with E-state index in [0.29, 0.717) is 6.54 Å². The summed E-state index contributed by atoms with van der Waals surface area (Å²) in [6.45, 7) is 3.86. The van der Waals surface area contributed by atoms with Gasteiger partial charge in [-0.05, 0) is 13.0 Å². The number of likely N-dealkylation sites (N-methyl/N-ethyl adjacent to an activating group) is 1. The van der Waals surface area contributed by atoms with Crippen LogP contribution in [0.4, 0.5) is 0 Å². The molecule has 1 aliphatic rings. The molecule has 1 saturated heterocycles. The molecule has 1 rings (SSSR count). The quantitative estimate of drug-likeness (QED) is 0.630. The van der Waals surface area contributed by atoms with Gasteiger partial charge in [0.2, 0.25) is 0 Å². The fourth-order valence-corrected chi connectivity index (χ4v) is 2.57. The van der Waals surface area contributed by atoms with Gasteiger partial charge in [0.05, 0.1) is 0 Å². The molecule has 0 aromatic heterocycles. The fourth-order valence-electron chi connectivity index (χ4n) is 1.43. The van der Waals surface area contributed by atoms with E-state index in [-0.39, 0.29) is 6.04 Å². The molecule has 0 bridgehead atoms. The van der Waals surface area contributed by atoms with Crippen LogP contribution in [0.15, 0.2) is 0 Å². The van der Waals surface area contributed by atoms with Crippen LogP contribution in [0.5, 0.6) is 0 Å². The third-order valence-corrected chi connectivity index (χ3v) is 3.96. The second-order valence-electron chi connectivity index (χ2n) is 3.17. The Labute approximate surface area is 79.7 Å². The molecular formula is C7H17N3O2S. The first-order valence-corrected chi connectivity index (χ1v) is 5.95. The largest absolute Gasteiger partial charge is 0.315 e. The molecule has 1 heterocycles. The molecule has 6 heteroatoms. The van der Waals surface area contributed by atoms with Gasteiger partial charge in [-0.1, -0.05) is 6.92 Å². The summed E-state index contributed by atoms with van der Waals surface area (Å²) in [4.78, 5) is 0. The average Bonchev–Trinajstić information content (AvgIpc) is 2.54. The lowest BCUT2D eigenvalue weighted by Gasteiger charge is -2.22. The van der Waals surface area contributed by atoms with Crippen molar-refractivity contribution in [3.8, 4) is 0 Å². The average molecular weight is 207 g/mol. The van der Waals surface area contributed by atoms with Gasteiger partial charge in [0, 0.05) is 26.2 Å². The summed E-state index contributed by atoms with van der Waals surface area (Å²) in [5, 5.41) is 3.13. The number of nitrogens with one attached hydrogen (secondary N) is 2. The first kappa shape index (κ1) is 10.9. The molecule has 1 unspecified atom stereocenters. The predicted molar refractivity (Wildman–Crippen MR) is 51.6 cm³/mol. The molecule has 1 fully saturated rings. The highest BCUT2D eigenvalue weighted by Gasteiger charge is 2.27. The fraction of sp³-hybridized carbons (Fsp3) is 1.00. The topological polar surface area (TPSA) is 61.4 Å². The maximum absolute atomic E-state index is 11.5. The smallest absolute Gasteiger partial charge is 0.279 e. The second kappa shape index (κ2) is 4.36. The zero-order valence-electron chi connectivity index (χ0n) is 8.08. The minimum absolute atomic E-state index is 0.101. The van der Waals surface area contributed by atoms with Crippen LogP contribution in [0.3, 0.4) is 0 Å². The molecule has 1 atom stereocenters. The summed E-state index contributed by atoms with van der Waals surface area (Å²) in [5.74, 6) is 0. The molecule has 78 valence electrons. The molecule has 0 aromatic rings. The lowest BCUT2D eigenvalue weighted by Crippen LogP contribution is -2.44. The molecular weight excluding hydrogens is 190 g/mol. The van der Waals surface area contributed by atoms with E-state index in [2.05, 4.69) is 10.0 Å². The van der Waals surface area contributed by atoms with Gasteiger partial charge in [-0.15, -0.1) is 0 Å². The summed E-state index contributed by atoms with van der Waals surface area (Å²) in [6, 6.07) is 0.101. The van der Waals surface area contributed by atoms with Gasteiger partial charge in [0.25, 0.3) is 10.2 Å². The van der Waals surface area contributed by atoms with E-state index in [4.69, 9.17) is 0 Å².